The van der Waals surface area contributed by atoms with Gasteiger partial charge >= 0.3 is 0 Å². The fourth-order valence-electron chi connectivity index (χ4n) is 7.61. The van der Waals surface area contributed by atoms with Crippen LogP contribution < -0.4 is 0 Å². The van der Waals surface area contributed by atoms with Gasteiger partial charge in [-0.1, -0.05) is 43.7 Å². The summed E-state index contributed by atoms with van der Waals surface area (Å²) in [5.41, 5.74) is 3.71. The summed E-state index contributed by atoms with van der Waals surface area (Å²) in [6.45, 7) is 16.6. The van der Waals surface area contributed by atoms with Gasteiger partial charge in [-0.3, -0.25) is 4.90 Å². The number of ether oxygens (including phenoxy) is 1. The summed E-state index contributed by atoms with van der Waals surface area (Å²) in [4.78, 5) is 2.64. The van der Waals surface area contributed by atoms with Crippen molar-refractivity contribution in [2.45, 2.75) is 97.1 Å². The van der Waals surface area contributed by atoms with Crippen LogP contribution in [0.15, 0.2) is 35.5 Å². The Morgan fingerprint density at radius 2 is 1.78 bits per heavy atom. The summed E-state index contributed by atoms with van der Waals surface area (Å²) >= 11 is 0. The Kier molecular flexibility index (Phi) is 7.36. The molecule has 4 aliphatic rings. The number of fused-ring (bicyclic) bond motifs is 1. The highest BCUT2D eigenvalue weighted by Gasteiger charge is 2.50. The van der Waals surface area contributed by atoms with E-state index >= 15 is 0 Å². The zero-order chi connectivity index (χ0) is 23.0. The molecule has 0 bridgehead atoms. The quantitative estimate of drug-likeness (QED) is 0.609. The van der Waals surface area contributed by atoms with Crippen LogP contribution >= 0.6 is 0 Å². The molecular formula is C28H45NO3. The Morgan fingerprint density at radius 3 is 2.44 bits per heavy atom. The number of allylic oxidation sites excluding steroid dienone is 3. The van der Waals surface area contributed by atoms with Crippen molar-refractivity contribution in [2.75, 3.05) is 19.6 Å². The second-order valence-electron chi connectivity index (χ2n) is 11.6. The molecule has 4 heteroatoms. The smallest absolute Gasteiger partial charge is 0.0809 e. The minimum absolute atomic E-state index is 0.337. The molecule has 3 aliphatic carbocycles. The average Bonchev–Trinajstić information content (AvgIpc) is 3.07. The molecule has 0 amide bonds. The van der Waals surface area contributed by atoms with Gasteiger partial charge in [-0.15, -0.1) is 0 Å². The van der Waals surface area contributed by atoms with E-state index in [1.807, 2.05) is 0 Å². The zero-order valence-corrected chi connectivity index (χ0v) is 20.7. The summed E-state index contributed by atoms with van der Waals surface area (Å²) in [7, 11) is 0. The largest absolute Gasteiger partial charge is 0.388 e. The molecule has 4 nitrogen and oxygen atoms in total. The van der Waals surface area contributed by atoms with Crippen LogP contribution in [0.2, 0.25) is 0 Å². The lowest BCUT2D eigenvalue weighted by Crippen LogP contribution is -2.48. The summed E-state index contributed by atoms with van der Waals surface area (Å²) < 4.78 is 5.95. The SMILES string of the molecule is C=C1[C@H](O)CC(=C/C=C2\CCC[C@]3(C)[C@@H]([C@H](C)CN4C[C@@H](C)O[C@@H](C)C4)CC[C@@H]23)C[C@H]1O. The molecule has 0 spiro atoms. The van der Waals surface area contributed by atoms with Crippen molar-refractivity contribution < 1.29 is 14.9 Å². The number of morpholine rings is 1. The van der Waals surface area contributed by atoms with E-state index < -0.39 is 12.2 Å². The maximum Gasteiger partial charge on any atom is 0.0809 e. The Morgan fingerprint density at radius 1 is 1.12 bits per heavy atom. The second kappa shape index (κ2) is 9.74. The van der Waals surface area contributed by atoms with Crippen molar-refractivity contribution in [3.8, 4) is 0 Å². The molecule has 4 rings (SSSR count). The van der Waals surface area contributed by atoms with Gasteiger partial charge in [-0.25, -0.2) is 0 Å². The molecule has 3 saturated carbocycles. The lowest BCUT2D eigenvalue weighted by Gasteiger charge is -2.46. The lowest BCUT2D eigenvalue weighted by molar-refractivity contribution is -0.0750. The number of aliphatic hydroxyl groups is 2. The van der Waals surface area contributed by atoms with E-state index in [0.29, 0.717) is 47.9 Å². The molecule has 0 radical (unpaired) electrons. The first-order chi connectivity index (χ1) is 15.2. The van der Waals surface area contributed by atoms with Crippen LogP contribution in [0, 0.1) is 23.2 Å². The van der Waals surface area contributed by atoms with Crippen LogP contribution in [0.25, 0.3) is 0 Å². The van der Waals surface area contributed by atoms with E-state index in [4.69, 9.17) is 4.74 Å². The van der Waals surface area contributed by atoms with Gasteiger partial charge in [-0.05, 0) is 87.5 Å². The molecule has 2 N–H and O–H groups in total. The molecule has 4 fully saturated rings. The highest BCUT2D eigenvalue weighted by molar-refractivity contribution is 5.29. The van der Waals surface area contributed by atoms with E-state index in [2.05, 4.69) is 51.3 Å². The van der Waals surface area contributed by atoms with E-state index in [1.165, 1.54) is 38.6 Å². The number of hydrogen-bond donors (Lipinski definition) is 2. The van der Waals surface area contributed by atoms with Crippen LogP contribution in [-0.2, 0) is 4.74 Å². The predicted octanol–water partition coefficient (Wildman–Crippen LogP) is 4.87. The first-order valence-corrected chi connectivity index (χ1v) is 13.0. The molecule has 1 saturated heterocycles. The first-order valence-electron chi connectivity index (χ1n) is 13.0. The summed E-state index contributed by atoms with van der Waals surface area (Å²) in [6.07, 6.45) is 11.7. The number of aliphatic hydroxyl groups excluding tert-OH is 2. The third-order valence-electron chi connectivity index (χ3n) is 9.07. The van der Waals surface area contributed by atoms with Gasteiger partial charge in [0.1, 0.15) is 0 Å². The summed E-state index contributed by atoms with van der Waals surface area (Å²) in [6, 6.07) is 0. The minimum atomic E-state index is -0.609. The number of nitrogens with zero attached hydrogens (tertiary/aromatic N) is 1. The fraction of sp³-hybridized carbons (Fsp3) is 0.786. The maximum absolute atomic E-state index is 10.2. The molecule has 1 heterocycles. The zero-order valence-electron chi connectivity index (χ0n) is 20.7. The second-order valence-corrected chi connectivity index (χ2v) is 11.6. The molecule has 0 aromatic carbocycles. The van der Waals surface area contributed by atoms with Gasteiger partial charge < -0.3 is 14.9 Å². The van der Waals surface area contributed by atoms with E-state index in [9.17, 15) is 10.2 Å². The molecular weight excluding hydrogens is 398 g/mol. The van der Waals surface area contributed by atoms with Crippen molar-refractivity contribution in [2.24, 2.45) is 23.2 Å². The minimum Gasteiger partial charge on any atom is -0.388 e. The van der Waals surface area contributed by atoms with Gasteiger partial charge in [0.2, 0.25) is 0 Å². The van der Waals surface area contributed by atoms with E-state index in [-0.39, 0.29) is 0 Å². The maximum atomic E-state index is 10.2. The highest BCUT2D eigenvalue weighted by Crippen LogP contribution is 2.59. The van der Waals surface area contributed by atoms with Crippen molar-refractivity contribution in [1.82, 2.24) is 4.90 Å². The van der Waals surface area contributed by atoms with Gasteiger partial charge in [0, 0.05) is 19.6 Å². The van der Waals surface area contributed by atoms with Gasteiger partial charge in [0.05, 0.1) is 24.4 Å². The van der Waals surface area contributed by atoms with E-state index in [0.717, 1.165) is 24.6 Å². The predicted molar refractivity (Wildman–Crippen MR) is 130 cm³/mol. The van der Waals surface area contributed by atoms with Gasteiger partial charge in [-0.2, -0.15) is 0 Å². The fourth-order valence-corrected chi connectivity index (χ4v) is 7.61. The van der Waals surface area contributed by atoms with E-state index in [1.54, 1.807) is 5.57 Å². The van der Waals surface area contributed by atoms with Crippen LogP contribution in [0.3, 0.4) is 0 Å². The Bertz CT molecular complexity index is 732. The van der Waals surface area contributed by atoms with Gasteiger partial charge in [0.25, 0.3) is 0 Å². The number of hydrogen-bond acceptors (Lipinski definition) is 4. The Labute approximate surface area is 195 Å². The molecule has 0 aromatic heterocycles. The topological polar surface area (TPSA) is 52.9 Å². The monoisotopic (exact) mass is 443 g/mol. The first kappa shape index (κ1) is 24.2. The van der Waals surface area contributed by atoms with Crippen LogP contribution in [0.4, 0.5) is 0 Å². The van der Waals surface area contributed by atoms with Crippen LogP contribution in [0.5, 0.6) is 0 Å². The number of rotatable bonds is 4. The summed E-state index contributed by atoms with van der Waals surface area (Å²) in [5.74, 6) is 2.16. The molecule has 1 aliphatic heterocycles. The summed E-state index contributed by atoms with van der Waals surface area (Å²) in [5, 5.41) is 20.4. The van der Waals surface area contributed by atoms with Crippen molar-refractivity contribution in [3.05, 3.63) is 35.5 Å². The normalized spacial score (nSPS) is 43.4. The average molecular weight is 444 g/mol. The molecule has 180 valence electrons. The van der Waals surface area contributed by atoms with Crippen molar-refractivity contribution in [1.29, 1.82) is 0 Å². The molecule has 8 atom stereocenters. The molecule has 32 heavy (non-hydrogen) atoms. The van der Waals surface area contributed by atoms with Crippen LogP contribution in [-0.4, -0.2) is 59.2 Å². The Hall–Kier alpha value is -0.940. The standard InChI is InChI=1S/C28H45NO3/c1-18(15-29-16-19(2)32-20(3)17-29)24-10-11-25-23(7-6-12-28(24,25)5)9-8-22-13-26(30)21(4)27(31)14-22/h8-9,18-20,24-27,30-31H,4,6-7,10-17H2,1-3,5H3/b23-9+/t18-,19-,20+,24-,25+,26-,27-,28-/m1/s1. The van der Waals surface area contributed by atoms with Crippen molar-refractivity contribution in [3.63, 3.8) is 0 Å². The lowest BCUT2D eigenvalue weighted by atomic mass is 9.61. The van der Waals surface area contributed by atoms with Gasteiger partial charge in [0.15, 0.2) is 0 Å². The third-order valence-corrected chi connectivity index (χ3v) is 9.07. The van der Waals surface area contributed by atoms with Crippen LogP contribution in [0.1, 0.15) is 72.6 Å². The van der Waals surface area contributed by atoms with Crippen molar-refractivity contribution >= 4 is 0 Å². The molecule has 0 aromatic rings. The third kappa shape index (κ3) is 4.94. The highest BCUT2D eigenvalue weighted by atomic mass is 16.5. The Balaban J connectivity index is 1.44. The molecule has 0 unspecified atom stereocenters.